The molecule has 1 aliphatic heterocycles. The molecule has 2 heterocycles. The number of amidine groups is 1. The summed E-state index contributed by atoms with van der Waals surface area (Å²) in [6, 6.07) is 20.1. The van der Waals surface area contributed by atoms with Gasteiger partial charge in [0, 0.05) is 29.0 Å². The molecule has 0 spiro atoms. The number of aliphatic imine (C=N–C) groups is 1. The van der Waals surface area contributed by atoms with Crippen LogP contribution in [0.15, 0.2) is 104 Å². The highest BCUT2D eigenvalue weighted by Gasteiger charge is 2.27. The van der Waals surface area contributed by atoms with Crippen LogP contribution in [0.4, 0.5) is 0 Å². The molecule has 0 saturated carbocycles. The molecule has 8 nitrogen and oxygen atoms in total. The molecule has 10 heteroatoms. The summed E-state index contributed by atoms with van der Waals surface area (Å²) in [5.41, 5.74) is 1.84. The average Bonchev–Trinajstić information content (AvgIpc) is 3.47. The zero-order chi connectivity index (χ0) is 23.2. The van der Waals surface area contributed by atoms with E-state index in [4.69, 9.17) is 0 Å². The summed E-state index contributed by atoms with van der Waals surface area (Å²) in [7, 11) is -7.52. The van der Waals surface area contributed by atoms with Crippen molar-refractivity contribution in [3.63, 3.8) is 0 Å². The van der Waals surface area contributed by atoms with Crippen molar-refractivity contribution in [2.75, 3.05) is 12.9 Å². The summed E-state index contributed by atoms with van der Waals surface area (Å²) in [6.45, 7) is 0.108. The predicted molar refractivity (Wildman–Crippen MR) is 126 cm³/mol. The minimum Gasteiger partial charge on any atom is -0.241 e. The first-order valence-electron chi connectivity index (χ1n) is 9.95. The minimum absolute atomic E-state index is 0.0577. The first-order chi connectivity index (χ1) is 15.8. The normalized spacial score (nSPS) is 14.0. The molecule has 0 saturated heterocycles. The number of hydrogen-bond acceptors (Lipinski definition) is 7. The Morgan fingerprint density at radius 2 is 1.55 bits per heavy atom. The van der Waals surface area contributed by atoms with Crippen molar-refractivity contribution < 1.29 is 16.8 Å². The van der Waals surface area contributed by atoms with Crippen LogP contribution in [0.2, 0.25) is 0 Å². The Morgan fingerprint density at radius 3 is 2.24 bits per heavy atom. The van der Waals surface area contributed by atoms with Crippen LogP contribution in [0.5, 0.6) is 0 Å². The van der Waals surface area contributed by atoms with Crippen molar-refractivity contribution in [3.8, 4) is 11.1 Å². The van der Waals surface area contributed by atoms with E-state index in [2.05, 4.69) is 15.2 Å². The van der Waals surface area contributed by atoms with Gasteiger partial charge in [-0.2, -0.15) is 5.11 Å². The monoisotopic (exact) mass is 478 g/mol. The van der Waals surface area contributed by atoms with Crippen LogP contribution < -0.4 is 0 Å². The van der Waals surface area contributed by atoms with Crippen LogP contribution in [0, 0.1) is 0 Å². The molecule has 1 aliphatic rings. The smallest absolute Gasteiger partial charge is 0.241 e. The average molecular weight is 479 g/mol. The molecule has 0 unspecified atom stereocenters. The van der Waals surface area contributed by atoms with E-state index >= 15 is 0 Å². The Kier molecular flexibility index (Phi) is 4.98. The molecule has 5 rings (SSSR count). The largest absolute Gasteiger partial charge is 0.268 e. The van der Waals surface area contributed by atoms with Gasteiger partial charge in [-0.1, -0.05) is 48.5 Å². The minimum atomic E-state index is -3.90. The van der Waals surface area contributed by atoms with Gasteiger partial charge in [-0.3, -0.25) is 0 Å². The van der Waals surface area contributed by atoms with Crippen molar-refractivity contribution in [1.29, 1.82) is 0 Å². The van der Waals surface area contributed by atoms with Crippen LogP contribution >= 0.6 is 0 Å². The Balaban J connectivity index is 1.85. The third-order valence-electron chi connectivity index (χ3n) is 5.37. The number of sulfone groups is 1. The van der Waals surface area contributed by atoms with E-state index in [-0.39, 0.29) is 22.3 Å². The van der Waals surface area contributed by atoms with Gasteiger partial charge in [-0.15, -0.1) is 5.11 Å². The Bertz CT molecular complexity index is 1670. The maximum atomic E-state index is 13.5. The van der Waals surface area contributed by atoms with Gasteiger partial charge < -0.3 is 0 Å². The molecule has 0 radical (unpaired) electrons. The fraction of sp³-hybridized carbons (Fsp3) is 0.0870. The van der Waals surface area contributed by atoms with Gasteiger partial charge in [-0.25, -0.2) is 25.8 Å². The van der Waals surface area contributed by atoms with Crippen LogP contribution in [-0.2, 0) is 19.9 Å². The topological polar surface area (TPSA) is 110 Å². The number of hydrogen-bond donors (Lipinski definition) is 0. The lowest BCUT2D eigenvalue weighted by Crippen LogP contribution is -2.11. The van der Waals surface area contributed by atoms with Crippen molar-refractivity contribution in [2.45, 2.75) is 9.79 Å². The molecule has 3 aromatic carbocycles. The molecule has 166 valence electrons. The van der Waals surface area contributed by atoms with Crippen molar-refractivity contribution >= 4 is 36.6 Å². The summed E-state index contributed by atoms with van der Waals surface area (Å²) in [5.74, 6) is 0.203. The van der Waals surface area contributed by atoms with Gasteiger partial charge in [0.05, 0.1) is 15.3 Å². The van der Waals surface area contributed by atoms with Gasteiger partial charge in [0.1, 0.15) is 0 Å². The summed E-state index contributed by atoms with van der Waals surface area (Å²) in [6.07, 6.45) is 2.63. The summed E-state index contributed by atoms with van der Waals surface area (Å²) in [5, 5.41) is 8.56. The number of azo groups is 1. The highest BCUT2D eigenvalue weighted by molar-refractivity contribution is 7.91. The molecule has 1 aromatic heterocycles. The third kappa shape index (κ3) is 3.57. The predicted octanol–water partition coefficient (Wildman–Crippen LogP) is 4.12. The van der Waals surface area contributed by atoms with E-state index in [0.717, 1.165) is 6.26 Å². The lowest BCUT2D eigenvalue weighted by molar-refractivity contribution is 0.589. The molecule has 0 atom stereocenters. The molecule has 0 N–H and O–H groups in total. The van der Waals surface area contributed by atoms with Crippen LogP contribution in [0.25, 0.3) is 22.0 Å². The van der Waals surface area contributed by atoms with E-state index in [1.165, 1.54) is 28.4 Å². The molecule has 0 amide bonds. The zero-order valence-corrected chi connectivity index (χ0v) is 19.1. The highest BCUT2D eigenvalue weighted by Crippen LogP contribution is 2.37. The first-order valence-corrected chi connectivity index (χ1v) is 13.3. The maximum absolute atomic E-state index is 13.5. The third-order valence-corrected chi connectivity index (χ3v) is 8.19. The second kappa shape index (κ2) is 7.75. The first kappa shape index (κ1) is 21.2. The number of rotatable bonds is 5. The highest BCUT2D eigenvalue weighted by atomic mass is 32.2. The Labute approximate surface area is 190 Å². The number of aromatic nitrogens is 1. The standard InChI is InChI=1S/C23H18N4O4S2/c1-32(28,29)21-13-7-11-18(22(21)23-24-15-25-26-23)19-14-27(20-12-6-5-10-17(19)20)33(30,31)16-8-3-2-4-9-16/h2-14H,15H2,1H3. The van der Waals surface area contributed by atoms with Crippen molar-refractivity contribution in [1.82, 2.24) is 3.97 Å². The molecular formula is C23H18N4O4S2. The van der Waals surface area contributed by atoms with Crippen LogP contribution in [-0.4, -0.2) is 39.6 Å². The molecule has 4 aromatic rings. The summed E-state index contributed by atoms with van der Waals surface area (Å²) >= 11 is 0. The second-order valence-electron chi connectivity index (χ2n) is 7.49. The van der Waals surface area contributed by atoms with Crippen molar-refractivity contribution in [2.24, 2.45) is 15.2 Å². The van der Waals surface area contributed by atoms with Gasteiger partial charge in [-0.05, 0) is 29.8 Å². The summed E-state index contributed by atoms with van der Waals surface area (Å²) in [4.78, 5) is 4.45. The van der Waals surface area contributed by atoms with Gasteiger partial charge in [0.15, 0.2) is 22.3 Å². The SMILES string of the molecule is CS(=O)(=O)c1cccc(-c2cn(S(=O)(=O)c3ccccc3)c3ccccc23)c1C1=NCN=N1. The van der Waals surface area contributed by atoms with Gasteiger partial charge in [0.25, 0.3) is 10.0 Å². The number of fused-ring (bicyclic) bond motifs is 1. The molecule has 0 bridgehead atoms. The fourth-order valence-electron chi connectivity index (χ4n) is 3.92. The molecule has 0 aliphatic carbocycles. The van der Waals surface area contributed by atoms with E-state index in [9.17, 15) is 16.8 Å². The van der Waals surface area contributed by atoms with E-state index in [1.807, 2.05) is 0 Å². The van der Waals surface area contributed by atoms with E-state index in [1.54, 1.807) is 54.6 Å². The molecular weight excluding hydrogens is 460 g/mol. The zero-order valence-electron chi connectivity index (χ0n) is 17.5. The number of benzene rings is 3. The Hall–Kier alpha value is -3.63. The molecule has 33 heavy (non-hydrogen) atoms. The molecule has 0 fully saturated rings. The summed E-state index contributed by atoms with van der Waals surface area (Å²) < 4.78 is 53.3. The maximum Gasteiger partial charge on any atom is 0.268 e. The van der Waals surface area contributed by atoms with Crippen LogP contribution in [0.3, 0.4) is 0 Å². The lowest BCUT2D eigenvalue weighted by Gasteiger charge is -2.12. The van der Waals surface area contributed by atoms with Gasteiger partial charge in [0.2, 0.25) is 0 Å². The second-order valence-corrected chi connectivity index (χ2v) is 11.3. The van der Waals surface area contributed by atoms with Crippen LogP contribution in [0.1, 0.15) is 5.56 Å². The van der Waals surface area contributed by atoms with Gasteiger partial charge >= 0.3 is 0 Å². The lowest BCUT2D eigenvalue weighted by atomic mass is 9.98. The number of para-hydroxylation sites is 1. The van der Waals surface area contributed by atoms with Crippen molar-refractivity contribution in [3.05, 3.63) is 84.6 Å². The Morgan fingerprint density at radius 1 is 0.818 bits per heavy atom. The number of nitrogens with zero attached hydrogens (tertiary/aromatic N) is 4. The van der Waals surface area contributed by atoms with E-state index in [0.29, 0.717) is 27.6 Å². The van der Waals surface area contributed by atoms with E-state index < -0.39 is 19.9 Å². The fourth-order valence-corrected chi connectivity index (χ4v) is 6.21. The quantitative estimate of drug-likeness (QED) is 0.430.